The van der Waals surface area contributed by atoms with Crippen molar-refractivity contribution in [1.29, 1.82) is 0 Å². The number of carbonyl (C=O) groups is 1. The van der Waals surface area contributed by atoms with Gasteiger partial charge in [0.25, 0.3) is 0 Å². The minimum atomic E-state index is -0.265. The van der Waals surface area contributed by atoms with E-state index in [2.05, 4.69) is 31.8 Å². The first kappa shape index (κ1) is 28.8. The number of benzene rings is 3. The predicted octanol–water partition coefficient (Wildman–Crippen LogP) is 7.77. The van der Waals surface area contributed by atoms with E-state index >= 15 is 0 Å². The molecular formula is C32H38FNO4. The molecule has 0 aliphatic rings. The van der Waals surface area contributed by atoms with E-state index in [0.29, 0.717) is 32.7 Å². The topological polar surface area (TPSA) is 56.8 Å². The Morgan fingerprint density at radius 2 is 1.61 bits per heavy atom. The van der Waals surface area contributed by atoms with Gasteiger partial charge in [0, 0.05) is 36.2 Å². The molecule has 3 rings (SSSR count). The Kier molecular flexibility index (Phi) is 11.2. The number of rotatable bonds is 15. The third-order valence-electron chi connectivity index (χ3n) is 6.05. The zero-order chi connectivity index (χ0) is 27.3. The van der Waals surface area contributed by atoms with E-state index in [1.165, 1.54) is 19.1 Å². The molecule has 1 N–H and O–H groups in total. The van der Waals surface area contributed by atoms with Crippen LogP contribution in [0.3, 0.4) is 0 Å². The predicted molar refractivity (Wildman–Crippen MR) is 152 cm³/mol. The highest BCUT2D eigenvalue weighted by Crippen LogP contribution is 2.37. The summed E-state index contributed by atoms with van der Waals surface area (Å²) in [6.07, 6.45) is 5.82. The van der Waals surface area contributed by atoms with Crippen molar-refractivity contribution in [3.05, 3.63) is 84.2 Å². The summed E-state index contributed by atoms with van der Waals surface area (Å²) < 4.78 is 31.9. The van der Waals surface area contributed by atoms with Gasteiger partial charge in [0.15, 0.2) is 0 Å². The van der Waals surface area contributed by atoms with E-state index in [1.54, 1.807) is 18.2 Å². The van der Waals surface area contributed by atoms with Gasteiger partial charge in [-0.15, -0.1) is 6.58 Å². The molecule has 0 bridgehead atoms. The van der Waals surface area contributed by atoms with Crippen LogP contribution in [0, 0.1) is 5.82 Å². The molecule has 38 heavy (non-hydrogen) atoms. The summed E-state index contributed by atoms with van der Waals surface area (Å²) in [4.78, 5) is 11.6. The fourth-order valence-electron chi connectivity index (χ4n) is 4.10. The third-order valence-corrected chi connectivity index (χ3v) is 6.05. The third kappa shape index (κ3) is 8.10. The molecule has 0 heterocycles. The quantitative estimate of drug-likeness (QED) is 0.165. The van der Waals surface area contributed by atoms with Crippen LogP contribution in [0.5, 0.6) is 17.2 Å². The minimum Gasteiger partial charge on any atom is -0.493 e. The van der Waals surface area contributed by atoms with Crippen molar-refractivity contribution in [2.24, 2.45) is 0 Å². The smallest absolute Gasteiger partial charge is 0.221 e. The molecule has 6 heteroatoms. The summed E-state index contributed by atoms with van der Waals surface area (Å²) in [5.74, 6) is 1.84. The van der Waals surface area contributed by atoms with Crippen molar-refractivity contribution < 1.29 is 23.4 Å². The van der Waals surface area contributed by atoms with E-state index in [-0.39, 0.29) is 11.7 Å². The van der Waals surface area contributed by atoms with Crippen LogP contribution in [-0.4, -0.2) is 25.7 Å². The van der Waals surface area contributed by atoms with Crippen LogP contribution in [0.1, 0.15) is 51.2 Å². The van der Waals surface area contributed by atoms with Gasteiger partial charge in [-0.05, 0) is 60.7 Å². The van der Waals surface area contributed by atoms with Gasteiger partial charge in [0.05, 0.1) is 19.8 Å². The maximum Gasteiger partial charge on any atom is 0.221 e. The number of nitrogens with one attached hydrogen (secondary N) is 1. The Bertz CT molecular complexity index is 1210. The van der Waals surface area contributed by atoms with E-state index < -0.39 is 0 Å². The van der Waals surface area contributed by atoms with Gasteiger partial charge >= 0.3 is 0 Å². The summed E-state index contributed by atoms with van der Waals surface area (Å²) >= 11 is 0. The zero-order valence-electron chi connectivity index (χ0n) is 22.6. The highest BCUT2D eigenvalue weighted by molar-refractivity contribution is 5.90. The normalized spacial score (nSPS) is 10.6. The van der Waals surface area contributed by atoms with E-state index in [9.17, 15) is 9.18 Å². The monoisotopic (exact) mass is 519 g/mol. The average Bonchev–Trinajstić information content (AvgIpc) is 2.90. The molecule has 0 aliphatic heterocycles. The molecule has 0 aromatic heterocycles. The maximum atomic E-state index is 13.5. The number of hydrogen-bond acceptors (Lipinski definition) is 4. The summed E-state index contributed by atoms with van der Waals surface area (Å²) in [7, 11) is 0. The largest absolute Gasteiger partial charge is 0.493 e. The lowest BCUT2D eigenvalue weighted by Gasteiger charge is -2.18. The number of aryl methyl sites for hydroxylation is 1. The van der Waals surface area contributed by atoms with Crippen molar-refractivity contribution >= 4 is 11.6 Å². The molecule has 0 spiro atoms. The number of unbranched alkanes of at least 4 members (excludes halogenated alkanes) is 1. The second kappa shape index (κ2) is 14.8. The van der Waals surface area contributed by atoms with Gasteiger partial charge in [0.1, 0.15) is 23.1 Å². The van der Waals surface area contributed by atoms with Gasteiger partial charge in [-0.3, -0.25) is 4.79 Å². The van der Waals surface area contributed by atoms with Gasteiger partial charge < -0.3 is 19.5 Å². The first-order valence-corrected chi connectivity index (χ1v) is 13.3. The zero-order valence-corrected chi connectivity index (χ0v) is 22.6. The molecule has 0 saturated heterocycles. The Labute approximate surface area is 225 Å². The highest BCUT2D eigenvalue weighted by Gasteiger charge is 2.14. The Balaban J connectivity index is 1.69. The van der Waals surface area contributed by atoms with E-state index in [4.69, 9.17) is 14.2 Å². The molecule has 0 radical (unpaired) electrons. The fraction of sp³-hybridized carbons (Fsp3) is 0.344. The molecule has 0 unspecified atom stereocenters. The van der Waals surface area contributed by atoms with Crippen LogP contribution in [0.25, 0.3) is 11.1 Å². The lowest BCUT2D eigenvalue weighted by Crippen LogP contribution is -2.10. The molecule has 1 amide bonds. The number of hydrogen-bond donors (Lipinski definition) is 1. The standard InChI is InChI=1S/C32H38FNO4/c1-5-8-18-38-32-22-31(24(7-3)21-28(32)25-14-16-26(33)17-15-25)37-20-10-19-36-30-13-9-12-29(34-23(4)35)27(30)11-6-2/h6,9,12-17,21-22H,2,5,7-8,10-11,18-20H2,1,3-4H3,(H,34,35). The fourth-order valence-corrected chi connectivity index (χ4v) is 4.10. The second-order valence-corrected chi connectivity index (χ2v) is 9.03. The van der Waals surface area contributed by atoms with Gasteiger partial charge in [-0.1, -0.05) is 44.5 Å². The Morgan fingerprint density at radius 3 is 2.26 bits per heavy atom. The molecule has 0 atom stereocenters. The maximum absolute atomic E-state index is 13.5. The van der Waals surface area contributed by atoms with Gasteiger partial charge in [-0.2, -0.15) is 0 Å². The first-order valence-electron chi connectivity index (χ1n) is 13.3. The van der Waals surface area contributed by atoms with Crippen LogP contribution >= 0.6 is 0 Å². The van der Waals surface area contributed by atoms with Crippen LogP contribution in [-0.2, 0) is 17.6 Å². The van der Waals surface area contributed by atoms with Crippen LogP contribution in [0.4, 0.5) is 10.1 Å². The molecule has 5 nitrogen and oxygen atoms in total. The molecule has 0 aliphatic carbocycles. The number of carbonyl (C=O) groups excluding carboxylic acids is 1. The summed E-state index contributed by atoms with van der Waals surface area (Å²) in [6.45, 7) is 11.1. The molecule has 3 aromatic carbocycles. The summed E-state index contributed by atoms with van der Waals surface area (Å²) in [5, 5.41) is 2.86. The van der Waals surface area contributed by atoms with Crippen molar-refractivity contribution in [3.8, 4) is 28.4 Å². The average molecular weight is 520 g/mol. The van der Waals surface area contributed by atoms with Crippen molar-refractivity contribution in [1.82, 2.24) is 0 Å². The Hall–Kier alpha value is -3.80. The van der Waals surface area contributed by atoms with Crippen LogP contribution in [0.15, 0.2) is 67.3 Å². The lowest BCUT2D eigenvalue weighted by atomic mass is 10.00. The highest BCUT2D eigenvalue weighted by atomic mass is 19.1. The number of halogens is 1. The minimum absolute atomic E-state index is 0.129. The number of allylic oxidation sites excluding steroid dienone is 1. The number of anilines is 1. The van der Waals surface area contributed by atoms with Gasteiger partial charge in [-0.25, -0.2) is 4.39 Å². The van der Waals surface area contributed by atoms with E-state index in [1.807, 2.05) is 24.3 Å². The second-order valence-electron chi connectivity index (χ2n) is 9.03. The summed E-state index contributed by atoms with van der Waals surface area (Å²) in [6, 6.07) is 16.1. The Morgan fingerprint density at radius 1 is 0.921 bits per heavy atom. The van der Waals surface area contributed by atoms with Crippen LogP contribution in [0.2, 0.25) is 0 Å². The van der Waals surface area contributed by atoms with Crippen LogP contribution < -0.4 is 19.5 Å². The van der Waals surface area contributed by atoms with Crippen molar-refractivity contribution in [3.63, 3.8) is 0 Å². The lowest BCUT2D eigenvalue weighted by molar-refractivity contribution is -0.114. The SMILES string of the molecule is C=CCc1c(NC(C)=O)cccc1OCCCOc1cc(OCCCC)c(-c2ccc(F)cc2)cc1CC. The number of ether oxygens (including phenoxy) is 3. The molecular weight excluding hydrogens is 481 g/mol. The number of amides is 1. The molecule has 0 fully saturated rings. The summed E-state index contributed by atoms with van der Waals surface area (Å²) in [5.41, 5.74) is 4.53. The molecule has 0 saturated carbocycles. The van der Waals surface area contributed by atoms with E-state index in [0.717, 1.165) is 64.5 Å². The van der Waals surface area contributed by atoms with Crippen molar-refractivity contribution in [2.75, 3.05) is 25.1 Å². The molecule has 3 aromatic rings. The molecule has 202 valence electrons. The first-order chi connectivity index (χ1) is 18.5. The van der Waals surface area contributed by atoms with Crippen molar-refractivity contribution in [2.45, 2.75) is 52.9 Å². The van der Waals surface area contributed by atoms with Gasteiger partial charge in [0.2, 0.25) is 5.91 Å².